The molecule has 10 heteroatoms. The molecule has 2 aromatic rings. The van der Waals surface area contributed by atoms with E-state index in [1.807, 2.05) is 20.8 Å². The molecule has 174 valence electrons. The number of anilines is 2. The number of nitrogens with zero attached hydrogens (tertiary/aromatic N) is 4. The average Bonchev–Trinajstić information content (AvgIpc) is 3.35. The summed E-state index contributed by atoms with van der Waals surface area (Å²) in [5.41, 5.74) is 0.958. The Morgan fingerprint density at radius 3 is 2.34 bits per heavy atom. The van der Waals surface area contributed by atoms with Crippen molar-refractivity contribution in [2.24, 2.45) is 5.92 Å². The molecule has 0 saturated carbocycles. The second kappa shape index (κ2) is 9.03. The van der Waals surface area contributed by atoms with Gasteiger partial charge in [-0.15, -0.1) is 0 Å². The van der Waals surface area contributed by atoms with Gasteiger partial charge in [0.2, 0.25) is 21.8 Å². The predicted octanol–water partition coefficient (Wildman–Crippen LogP) is 2.66. The van der Waals surface area contributed by atoms with Crippen LogP contribution >= 0.6 is 0 Å². The maximum atomic E-state index is 12.7. The molecule has 0 bridgehead atoms. The summed E-state index contributed by atoms with van der Waals surface area (Å²) in [6.45, 7) is 10.6. The van der Waals surface area contributed by atoms with E-state index in [9.17, 15) is 18.0 Å². The lowest BCUT2D eigenvalue weighted by atomic mass is 10.1. The minimum atomic E-state index is -3.56. The first-order valence-corrected chi connectivity index (χ1v) is 12.2. The molecule has 1 N–H and O–H groups in total. The molecule has 2 amide bonds. The van der Waals surface area contributed by atoms with Crippen LogP contribution in [0.2, 0.25) is 0 Å². The normalized spacial score (nSPS) is 17.2. The standard InChI is InChI=1S/C22H31N5O4S/c1-6-25(7-2)32(30,31)19-10-8-18(9-11-19)26-14-16(12-20(26)28)21(29)24-17-13-23-27(15-17)22(3,4)5/h8-11,13,15-16H,6-7,12,14H2,1-5H3,(H,24,29). The Kier molecular flexibility index (Phi) is 6.75. The van der Waals surface area contributed by atoms with Gasteiger partial charge in [0, 0.05) is 37.9 Å². The highest BCUT2D eigenvalue weighted by Gasteiger charge is 2.35. The maximum Gasteiger partial charge on any atom is 0.243 e. The number of carbonyl (C=O) groups is 2. The monoisotopic (exact) mass is 461 g/mol. The lowest BCUT2D eigenvalue weighted by molar-refractivity contribution is -0.122. The number of benzene rings is 1. The van der Waals surface area contributed by atoms with E-state index in [1.54, 1.807) is 43.1 Å². The number of aromatic nitrogens is 2. The van der Waals surface area contributed by atoms with Crippen LogP contribution in [0.5, 0.6) is 0 Å². The van der Waals surface area contributed by atoms with E-state index in [2.05, 4.69) is 10.4 Å². The van der Waals surface area contributed by atoms with Gasteiger partial charge in [-0.1, -0.05) is 13.8 Å². The molecule has 1 fully saturated rings. The van der Waals surface area contributed by atoms with Gasteiger partial charge in [0.25, 0.3) is 0 Å². The van der Waals surface area contributed by atoms with Crippen molar-refractivity contribution in [2.75, 3.05) is 29.9 Å². The van der Waals surface area contributed by atoms with Crippen LogP contribution in [0.15, 0.2) is 41.6 Å². The van der Waals surface area contributed by atoms with Gasteiger partial charge in [-0.2, -0.15) is 9.40 Å². The van der Waals surface area contributed by atoms with E-state index in [1.165, 1.54) is 21.3 Å². The molecule has 1 aliphatic heterocycles. The Balaban J connectivity index is 1.69. The number of hydrogen-bond donors (Lipinski definition) is 1. The van der Waals surface area contributed by atoms with E-state index < -0.39 is 15.9 Å². The van der Waals surface area contributed by atoms with Gasteiger partial charge in [0.15, 0.2) is 0 Å². The van der Waals surface area contributed by atoms with E-state index in [0.29, 0.717) is 24.5 Å². The Morgan fingerprint density at radius 2 is 1.81 bits per heavy atom. The number of amides is 2. The molecule has 1 aliphatic rings. The number of rotatable bonds is 7. The summed E-state index contributed by atoms with van der Waals surface area (Å²) < 4.78 is 28.5. The lowest BCUT2D eigenvalue weighted by Gasteiger charge is -2.20. The quantitative estimate of drug-likeness (QED) is 0.683. The number of carbonyl (C=O) groups excluding carboxylic acids is 2. The molecule has 1 unspecified atom stereocenters. The fraction of sp³-hybridized carbons (Fsp3) is 0.500. The molecule has 2 heterocycles. The van der Waals surface area contributed by atoms with E-state index in [0.717, 1.165) is 0 Å². The molecular formula is C22H31N5O4S. The summed E-state index contributed by atoms with van der Waals surface area (Å²) in [7, 11) is -3.56. The zero-order chi connectivity index (χ0) is 23.7. The van der Waals surface area contributed by atoms with E-state index in [4.69, 9.17) is 0 Å². The Labute approximate surface area is 189 Å². The maximum absolute atomic E-state index is 12.7. The average molecular weight is 462 g/mol. The minimum Gasteiger partial charge on any atom is -0.323 e. The van der Waals surface area contributed by atoms with Crippen LogP contribution in [0.4, 0.5) is 11.4 Å². The molecule has 1 aromatic carbocycles. The van der Waals surface area contributed by atoms with Crippen LogP contribution in [0.1, 0.15) is 41.0 Å². The molecule has 1 atom stereocenters. The highest BCUT2D eigenvalue weighted by Crippen LogP contribution is 2.28. The second-order valence-electron chi connectivity index (χ2n) is 8.82. The van der Waals surface area contributed by atoms with Crippen molar-refractivity contribution in [2.45, 2.75) is 51.5 Å². The van der Waals surface area contributed by atoms with Crippen LogP contribution in [0.25, 0.3) is 0 Å². The summed E-state index contributed by atoms with van der Waals surface area (Å²) in [6, 6.07) is 6.24. The van der Waals surface area contributed by atoms with E-state index >= 15 is 0 Å². The van der Waals surface area contributed by atoms with Gasteiger partial charge in [-0.3, -0.25) is 14.3 Å². The molecule has 3 rings (SSSR count). The zero-order valence-electron chi connectivity index (χ0n) is 19.2. The third-order valence-electron chi connectivity index (χ3n) is 5.52. The molecular weight excluding hydrogens is 430 g/mol. The molecule has 9 nitrogen and oxygen atoms in total. The predicted molar refractivity (Wildman–Crippen MR) is 123 cm³/mol. The first-order chi connectivity index (χ1) is 15.0. The van der Waals surface area contributed by atoms with Crippen LogP contribution < -0.4 is 10.2 Å². The summed E-state index contributed by atoms with van der Waals surface area (Å²) in [6.07, 6.45) is 3.45. The fourth-order valence-corrected chi connectivity index (χ4v) is 5.10. The van der Waals surface area contributed by atoms with Crippen molar-refractivity contribution in [1.29, 1.82) is 0 Å². The van der Waals surface area contributed by atoms with Crippen LogP contribution in [-0.2, 0) is 25.2 Å². The third-order valence-corrected chi connectivity index (χ3v) is 7.59. The first-order valence-electron chi connectivity index (χ1n) is 10.7. The number of hydrogen-bond acceptors (Lipinski definition) is 5. The highest BCUT2D eigenvalue weighted by atomic mass is 32.2. The van der Waals surface area contributed by atoms with Gasteiger partial charge < -0.3 is 10.2 Å². The van der Waals surface area contributed by atoms with Crippen molar-refractivity contribution in [3.05, 3.63) is 36.7 Å². The summed E-state index contributed by atoms with van der Waals surface area (Å²) in [5.74, 6) is -0.913. The summed E-state index contributed by atoms with van der Waals surface area (Å²) in [5, 5.41) is 7.11. The van der Waals surface area contributed by atoms with Crippen LogP contribution in [0, 0.1) is 5.92 Å². The molecule has 32 heavy (non-hydrogen) atoms. The van der Waals surface area contributed by atoms with E-state index in [-0.39, 0.29) is 35.2 Å². The SMILES string of the molecule is CCN(CC)S(=O)(=O)c1ccc(N2CC(C(=O)Nc3cnn(C(C)(C)C)c3)CC2=O)cc1. The van der Waals surface area contributed by atoms with Crippen molar-refractivity contribution in [3.63, 3.8) is 0 Å². The third kappa shape index (κ3) is 4.86. The van der Waals surface area contributed by atoms with Crippen molar-refractivity contribution >= 4 is 33.2 Å². The highest BCUT2D eigenvalue weighted by molar-refractivity contribution is 7.89. The zero-order valence-corrected chi connectivity index (χ0v) is 20.0. The Bertz CT molecular complexity index is 1080. The number of sulfonamides is 1. The molecule has 1 aromatic heterocycles. The van der Waals surface area contributed by atoms with Crippen molar-refractivity contribution < 1.29 is 18.0 Å². The Hall–Kier alpha value is -2.72. The number of nitrogens with one attached hydrogen (secondary N) is 1. The second-order valence-corrected chi connectivity index (χ2v) is 10.8. The van der Waals surface area contributed by atoms with Gasteiger partial charge in [-0.25, -0.2) is 8.42 Å². The van der Waals surface area contributed by atoms with Gasteiger partial charge in [0.05, 0.1) is 28.2 Å². The summed E-state index contributed by atoms with van der Waals surface area (Å²) in [4.78, 5) is 27.0. The molecule has 0 spiro atoms. The van der Waals surface area contributed by atoms with Crippen molar-refractivity contribution in [1.82, 2.24) is 14.1 Å². The van der Waals surface area contributed by atoms with Crippen LogP contribution in [0.3, 0.4) is 0 Å². The van der Waals surface area contributed by atoms with Gasteiger partial charge >= 0.3 is 0 Å². The van der Waals surface area contributed by atoms with Crippen molar-refractivity contribution in [3.8, 4) is 0 Å². The first kappa shape index (κ1) is 23.9. The van der Waals surface area contributed by atoms with Gasteiger partial charge in [0.1, 0.15) is 0 Å². The molecule has 1 saturated heterocycles. The lowest BCUT2D eigenvalue weighted by Crippen LogP contribution is -2.31. The van der Waals surface area contributed by atoms with Gasteiger partial charge in [-0.05, 0) is 45.0 Å². The largest absolute Gasteiger partial charge is 0.323 e. The molecule has 0 aliphatic carbocycles. The minimum absolute atomic E-state index is 0.0960. The Morgan fingerprint density at radius 1 is 1.19 bits per heavy atom. The topological polar surface area (TPSA) is 105 Å². The van der Waals surface area contributed by atoms with Crippen LogP contribution in [-0.4, -0.2) is 54.0 Å². The molecule has 0 radical (unpaired) electrons. The smallest absolute Gasteiger partial charge is 0.243 e. The fourth-order valence-electron chi connectivity index (χ4n) is 3.64. The summed E-state index contributed by atoms with van der Waals surface area (Å²) >= 11 is 0.